The zero-order chi connectivity index (χ0) is 20.5. The number of nitrogens with zero attached hydrogens (tertiary/aromatic N) is 3. The number of aromatic nitrogens is 2. The molecule has 1 heterocycles. The summed E-state index contributed by atoms with van der Waals surface area (Å²) in [5, 5.41) is 7.53. The summed E-state index contributed by atoms with van der Waals surface area (Å²) in [5.41, 5.74) is 1.24. The largest absolute Gasteiger partial charge is 0.416 e. The van der Waals surface area contributed by atoms with Crippen LogP contribution in [-0.2, 0) is 0 Å². The van der Waals surface area contributed by atoms with Crippen LogP contribution in [-0.4, -0.2) is 33.9 Å². The molecule has 3 aromatic carbocycles. The van der Waals surface area contributed by atoms with E-state index in [1.165, 1.54) is 12.1 Å². The summed E-state index contributed by atoms with van der Waals surface area (Å²) in [5.74, 6) is -0.200. The molecule has 0 radical (unpaired) electrons. The standard InChI is InChI=1S/C22H19ClFN3O2/c1-3-26(4-2)22(28)29-21-20-18-10-9-15(23)12-14(18)8-11-19(20)27(25-21)17-7-5-6-16(24)13-17/h5-13H,3-4H2,1-2H3. The van der Waals surface area contributed by atoms with E-state index in [9.17, 15) is 9.18 Å². The molecule has 1 amide bonds. The van der Waals surface area contributed by atoms with Gasteiger partial charge in [0, 0.05) is 18.1 Å². The van der Waals surface area contributed by atoms with E-state index < -0.39 is 6.09 Å². The third-order valence-corrected chi connectivity index (χ3v) is 5.09. The number of benzene rings is 3. The van der Waals surface area contributed by atoms with Crippen molar-refractivity contribution in [2.24, 2.45) is 0 Å². The second-order valence-corrected chi connectivity index (χ2v) is 7.00. The normalized spacial score (nSPS) is 11.2. The summed E-state index contributed by atoms with van der Waals surface area (Å²) >= 11 is 6.14. The molecule has 0 saturated heterocycles. The lowest BCUT2D eigenvalue weighted by atomic mass is 10.1. The van der Waals surface area contributed by atoms with Gasteiger partial charge in [-0.25, -0.2) is 13.9 Å². The molecular weight excluding hydrogens is 393 g/mol. The van der Waals surface area contributed by atoms with Gasteiger partial charge in [-0.1, -0.05) is 29.8 Å². The van der Waals surface area contributed by atoms with Gasteiger partial charge in [0.15, 0.2) is 0 Å². The number of hydrogen-bond donors (Lipinski definition) is 0. The van der Waals surface area contributed by atoms with Gasteiger partial charge in [0.2, 0.25) is 0 Å². The smallest absolute Gasteiger partial charge is 0.389 e. The van der Waals surface area contributed by atoms with E-state index in [4.69, 9.17) is 16.3 Å². The van der Waals surface area contributed by atoms with Crippen molar-refractivity contribution in [3.05, 3.63) is 65.4 Å². The first kappa shape index (κ1) is 19.2. The molecule has 1 aromatic heterocycles. The van der Waals surface area contributed by atoms with Gasteiger partial charge in [-0.15, -0.1) is 5.10 Å². The van der Waals surface area contributed by atoms with Crippen molar-refractivity contribution >= 4 is 39.4 Å². The Kier molecular flexibility index (Phi) is 5.11. The highest BCUT2D eigenvalue weighted by atomic mass is 35.5. The molecule has 4 aromatic rings. The lowest BCUT2D eigenvalue weighted by Crippen LogP contribution is -2.33. The van der Waals surface area contributed by atoms with Crippen LogP contribution in [0.1, 0.15) is 13.8 Å². The van der Waals surface area contributed by atoms with E-state index in [1.54, 1.807) is 27.8 Å². The Morgan fingerprint density at radius 3 is 2.66 bits per heavy atom. The fourth-order valence-electron chi connectivity index (χ4n) is 3.39. The Bertz CT molecular complexity index is 1220. The fourth-order valence-corrected chi connectivity index (χ4v) is 3.57. The number of fused-ring (bicyclic) bond motifs is 3. The topological polar surface area (TPSA) is 47.4 Å². The van der Waals surface area contributed by atoms with E-state index in [1.807, 2.05) is 38.1 Å². The highest BCUT2D eigenvalue weighted by Crippen LogP contribution is 2.35. The second-order valence-electron chi connectivity index (χ2n) is 6.56. The first-order valence-corrected chi connectivity index (χ1v) is 9.73. The summed E-state index contributed by atoms with van der Waals surface area (Å²) in [6, 6.07) is 15.4. The lowest BCUT2D eigenvalue weighted by Gasteiger charge is -2.17. The first-order valence-electron chi connectivity index (χ1n) is 9.35. The van der Waals surface area contributed by atoms with Crippen LogP contribution < -0.4 is 4.74 Å². The molecule has 0 N–H and O–H groups in total. The molecule has 5 nitrogen and oxygen atoms in total. The third-order valence-electron chi connectivity index (χ3n) is 4.85. The van der Waals surface area contributed by atoms with E-state index in [2.05, 4.69) is 5.10 Å². The van der Waals surface area contributed by atoms with E-state index >= 15 is 0 Å². The van der Waals surface area contributed by atoms with Gasteiger partial charge < -0.3 is 9.64 Å². The molecule has 148 valence electrons. The van der Waals surface area contributed by atoms with E-state index in [-0.39, 0.29) is 11.7 Å². The summed E-state index contributed by atoms with van der Waals surface area (Å²) in [4.78, 5) is 14.1. The zero-order valence-corrected chi connectivity index (χ0v) is 16.8. The van der Waals surface area contributed by atoms with Crippen molar-refractivity contribution in [1.82, 2.24) is 14.7 Å². The number of hydrogen-bond acceptors (Lipinski definition) is 3. The van der Waals surface area contributed by atoms with E-state index in [0.717, 1.165) is 10.8 Å². The molecule has 4 rings (SSSR count). The number of carbonyl (C=O) groups is 1. The minimum Gasteiger partial charge on any atom is -0.389 e. The molecule has 0 unspecified atom stereocenters. The number of carbonyl (C=O) groups excluding carboxylic acids is 1. The summed E-state index contributed by atoms with van der Waals surface area (Å²) in [6.45, 7) is 4.81. The predicted octanol–water partition coefficient (Wildman–Crippen LogP) is 5.81. The number of ether oxygens (including phenoxy) is 1. The lowest BCUT2D eigenvalue weighted by molar-refractivity contribution is 0.156. The molecule has 7 heteroatoms. The summed E-state index contributed by atoms with van der Waals surface area (Å²) in [6.07, 6.45) is -0.480. The van der Waals surface area contributed by atoms with Gasteiger partial charge in [0.1, 0.15) is 5.82 Å². The first-order chi connectivity index (χ1) is 14.0. The minimum absolute atomic E-state index is 0.175. The van der Waals surface area contributed by atoms with Crippen LogP contribution in [0.5, 0.6) is 5.88 Å². The van der Waals surface area contributed by atoms with Crippen molar-refractivity contribution in [2.45, 2.75) is 13.8 Å². The Balaban J connectivity index is 1.96. The summed E-state index contributed by atoms with van der Waals surface area (Å²) in [7, 11) is 0. The number of halogens is 2. The molecule has 0 atom stereocenters. The van der Waals surface area contributed by atoms with Crippen LogP contribution in [0.3, 0.4) is 0 Å². The Morgan fingerprint density at radius 1 is 1.14 bits per heavy atom. The Hall–Kier alpha value is -3.12. The molecule has 0 bridgehead atoms. The van der Waals surface area contributed by atoms with Gasteiger partial charge >= 0.3 is 6.09 Å². The van der Waals surface area contributed by atoms with Crippen LogP contribution >= 0.6 is 11.6 Å². The van der Waals surface area contributed by atoms with Crippen LogP contribution in [0.2, 0.25) is 5.02 Å². The predicted molar refractivity (Wildman–Crippen MR) is 112 cm³/mol. The fraction of sp³-hybridized carbons (Fsp3) is 0.182. The maximum absolute atomic E-state index is 13.8. The maximum Gasteiger partial charge on any atom is 0.416 e. The van der Waals surface area contributed by atoms with Crippen molar-refractivity contribution in [1.29, 1.82) is 0 Å². The van der Waals surface area contributed by atoms with Crippen LogP contribution in [0.15, 0.2) is 54.6 Å². The molecular formula is C22H19ClFN3O2. The Labute approximate surface area is 172 Å². The quantitative estimate of drug-likeness (QED) is 0.425. The number of rotatable bonds is 4. The SMILES string of the molecule is CCN(CC)C(=O)Oc1nn(-c2cccc(F)c2)c2ccc3cc(Cl)ccc3c12. The van der Waals surface area contributed by atoms with Crippen LogP contribution in [0.25, 0.3) is 27.4 Å². The third kappa shape index (κ3) is 3.51. The number of amides is 1. The minimum atomic E-state index is -0.480. The van der Waals surface area contributed by atoms with E-state index in [0.29, 0.717) is 34.7 Å². The van der Waals surface area contributed by atoms with Gasteiger partial charge in [0.25, 0.3) is 5.88 Å². The highest BCUT2D eigenvalue weighted by molar-refractivity contribution is 6.31. The molecule has 0 saturated carbocycles. The van der Waals surface area contributed by atoms with Crippen LogP contribution in [0.4, 0.5) is 9.18 Å². The van der Waals surface area contributed by atoms with Gasteiger partial charge in [0.05, 0.1) is 16.6 Å². The van der Waals surface area contributed by atoms with Crippen molar-refractivity contribution in [2.75, 3.05) is 13.1 Å². The van der Waals surface area contributed by atoms with Crippen molar-refractivity contribution in [3.63, 3.8) is 0 Å². The van der Waals surface area contributed by atoms with Crippen molar-refractivity contribution < 1.29 is 13.9 Å². The molecule has 0 aliphatic rings. The molecule has 29 heavy (non-hydrogen) atoms. The molecule has 0 aliphatic heterocycles. The van der Waals surface area contributed by atoms with Gasteiger partial charge in [-0.2, -0.15) is 0 Å². The highest BCUT2D eigenvalue weighted by Gasteiger charge is 2.21. The van der Waals surface area contributed by atoms with Crippen molar-refractivity contribution in [3.8, 4) is 11.6 Å². The zero-order valence-electron chi connectivity index (χ0n) is 16.0. The average molecular weight is 412 g/mol. The van der Waals surface area contributed by atoms with Crippen LogP contribution in [0, 0.1) is 5.82 Å². The maximum atomic E-state index is 13.8. The molecule has 0 fully saturated rings. The molecule has 0 spiro atoms. The van der Waals surface area contributed by atoms with Gasteiger partial charge in [-0.05, 0) is 61.0 Å². The van der Waals surface area contributed by atoms with Gasteiger partial charge in [-0.3, -0.25) is 0 Å². The Morgan fingerprint density at radius 2 is 1.93 bits per heavy atom. The summed E-state index contributed by atoms with van der Waals surface area (Å²) < 4.78 is 21.1. The molecule has 0 aliphatic carbocycles. The second kappa shape index (κ2) is 7.72. The average Bonchev–Trinajstić information content (AvgIpc) is 3.07. The monoisotopic (exact) mass is 411 g/mol.